The van der Waals surface area contributed by atoms with Gasteiger partial charge in [-0.2, -0.15) is 0 Å². The average molecular weight is 241 g/mol. The van der Waals surface area contributed by atoms with Gasteiger partial charge in [0.2, 0.25) is 0 Å². The van der Waals surface area contributed by atoms with E-state index in [4.69, 9.17) is 11.5 Å². The molecule has 0 fully saturated rings. The predicted molar refractivity (Wildman–Crippen MR) is 75.2 cm³/mol. The van der Waals surface area contributed by atoms with E-state index in [0.29, 0.717) is 13.1 Å². The normalized spacial score (nSPS) is 10.6. The second kappa shape index (κ2) is 6.28. The molecule has 3 nitrogen and oxygen atoms in total. The number of benzene rings is 1. The van der Waals surface area contributed by atoms with Crippen LogP contribution in [0.15, 0.2) is 42.6 Å². The Hall–Kier alpha value is -1.71. The summed E-state index contributed by atoms with van der Waals surface area (Å²) in [6.07, 6.45) is 3.70. The van der Waals surface area contributed by atoms with Crippen LogP contribution in [0, 0.1) is 0 Å². The van der Waals surface area contributed by atoms with Crippen molar-refractivity contribution >= 4 is 0 Å². The number of rotatable bonds is 5. The molecule has 1 heterocycles. The highest BCUT2D eigenvalue weighted by Gasteiger charge is 2.00. The molecule has 0 aliphatic rings. The van der Waals surface area contributed by atoms with Gasteiger partial charge in [-0.05, 0) is 43.1 Å². The largest absolute Gasteiger partial charge is 0.330 e. The smallest absolute Gasteiger partial charge is 0.0702 e. The van der Waals surface area contributed by atoms with Gasteiger partial charge in [-0.15, -0.1) is 0 Å². The lowest BCUT2D eigenvalue weighted by atomic mass is 10.1. The highest BCUT2D eigenvalue weighted by molar-refractivity contribution is 5.59. The summed E-state index contributed by atoms with van der Waals surface area (Å²) in [5.74, 6) is 0. The van der Waals surface area contributed by atoms with Crippen LogP contribution in [0.3, 0.4) is 0 Å². The third-order valence-electron chi connectivity index (χ3n) is 2.94. The Kier molecular flexibility index (Phi) is 4.45. The Bertz CT molecular complexity index is 427. The molecule has 2 aromatic rings. The lowest BCUT2D eigenvalue weighted by molar-refractivity contribution is 0.959. The third kappa shape index (κ3) is 3.15. The van der Waals surface area contributed by atoms with Crippen molar-refractivity contribution < 1.29 is 0 Å². The van der Waals surface area contributed by atoms with Gasteiger partial charge in [-0.25, -0.2) is 0 Å². The second-order valence-corrected chi connectivity index (χ2v) is 4.33. The molecule has 0 aliphatic carbocycles. The molecule has 1 aromatic heterocycles. The first-order valence-electron chi connectivity index (χ1n) is 6.28. The number of hydrogen-bond donors (Lipinski definition) is 2. The molecule has 0 amide bonds. The van der Waals surface area contributed by atoms with E-state index < -0.39 is 0 Å². The fraction of sp³-hybridized carbons (Fsp3) is 0.267. The number of nitrogens with zero attached hydrogens (tertiary/aromatic N) is 1. The molecule has 0 saturated heterocycles. The average Bonchev–Trinajstić information content (AvgIpc) is 2.41. The zero-order valence-electron chi connectivity index (χ0n) is 10.5. The minimum atomic E-state index is 0.662. The summed E-state index contributed by atoms with van der Waals surface area (Å²) in [6.45, 7) is 1.35. The Morgan fingerprint density at radius 2 is 1.39 bits per heavy atom. The van der Waals surface area contributed by atoms with Crippen LogP contribution in [-0.4, -0.2) is 18.1 Å². The van der Waals surface area contributed by atoms with E-state index in [1.54, 1.807) is 0 Å². The third-order valence-corrected chi connectivity index (χ3v) is 2.94. The molecule has 0 radical (unpaired) electrons. The van der Waals surface area contributed by atoms with Gasteiger partial charge in [-0.1, -0.05) is 30.3 Å². The zero-order valence-corrected chi connectivity index (χ0v) is 10.5. The molecular formula is C15H19N3. The lowest BCUT2D eigenvalue weighted by Crippen LogP contribution is -2.03. The van der Waals surface area contributed by atoms with Crippen molar-refractivity contribution in [1.29, 1.82) is 0 Å². The first-order chi connectivity index (χ1) is 8.83. The van der Waals surface area contributed by atoms with Crippen LogP contribution < -0.4 is 11.5 Å². The maximum absolute atomic E-state index is 5.53. The second-order valence-electron chi connectivity index (χ2n) is 4.33. The van der Waals surface area contributed by atoms with Crippen molar-refractivity contribution in [2.45, 2.75) is 12.8 Å². The molecule has 18 heavy (non-hydrogen) atoms. The molecule has 0 spiro atoms. The van der Waals surface area contributed by atoms with Gasteiger partial charge in [0.25, 0.3) is 0 Å². The topological polar surface area (TPSA) is 64.9 Å². The van der Waals surface area contributed by atoms with Gasteiger partial charge in [0.05, 0.1) is 5.69 Å². The van der Waals surface area contributed by atoms with E-state index in [9.17, 15) is 0 Å². The minimum Gasteiger partial charge on any atom is -0.330 e. The summed E-state index contributed by atoms with van der Waals surface area (Å²) in [5, 5.41) is 0. The Balaban J connectivity index is 2.15. The van der Waals surface area contributed by atoms with Gasteiger partial charge in [0.1, 0.15) is 0 Å². The summed E-state index contributed by atoms with van der Waals surface area (Å²) in [6, 6.07) is 12.5. The van der Waals surface area contributed by atoms with E-state index in [-0.39, 0.29) is 0 Å². The fourth-order valence-electron chi connectivity index (χ4n) is 1.92. The van der Waals surface area contributed by atoms with Crippen molar-refractivity contribution in [1.82, 2.24) is 4.98 Å². The zero-order chi connectivity index (χ0) is 12.8. The van der Waals surface area contributed by atoms with E-state index in [1.807, 2.05) is 12.3 Å². The first kappa shape index (κ1) is 12.7. The maximum Gasteiger partial charge on any atom is 0.0702 e. The van der Waals surface area contributed by atoms with Crippen LogP contribution in [0.25, 0.3) is 11.3 Å². The molecule has 3 heteroatoms. The lowest BCUT2D eigenvalue weighted by Gasteiger charge is -2.04. The van der Waals surface area contributed by atoms with Crippen LogP contribution >= 0.6 is 0 Å². The molecule has 4 N–H and O–H groups in total. The van der Waals surface area contributed by atoms with E-state index in [1.165, 1.54) is 11.1 Å². The molecular weight excluding hydrogens is 222 g/mol. The van der Waals surface area contributed by atoms with Gasteiger partial charge < -0.3 is 11.5 Å². The van der Waals surface area contributed by atoms with Gasteiger partial charge in [-0.3, -0.25) is 4.98 Å². The Labute approximate surface area is 108 Å². The van der Waals surface area contributed by atoms with Crippen LogP contribution in [0.5, 0.6) is 0 Å². The number of aromatic nitrogens is 1. The predicted octanol–water partition coefficient (Wildman–Crippen LogP) is 1.75. The highest BCUT2D eigenvalue weighted by Crippen LogP contribution is 2.18. The molecule has 2 rings (SSSR count). The molecule has 0 atom stereocenters. The maximum atomic E-state index is 5.53. The summed E-state index contributed by atoms with van der Waals surface area (Å²) in [7, 11) is 0. The summed E-state index contributed by atoms with van der Waals surface area (Å²) in [5.41, 5.74) is 15.6. The number of nitrogens with two attached hydrogens (primary N) is 2. The molecule has 0 unspecified atom stereocenters. The number of hydrogen-bond acceptors (Lipinski definition) is 3. The fourth-order valence-corrected chi connectivity index (χ4v) is 1.92. The number of pyridine rings is 1. The molecule has 1 aromatic carbocycles. The van der Waals surface area contributed by atoms with E-state index in [0.717, 1.165) is 24.1 Å². The Morgan fingerprint density at radius 1 is 0.778 bits per heavy atom. The van der Waals surface area contributed by atoms with Crippen molar-refractivity contribution in [3.8, 4) is 11.3 Å². The first-order valence-corrected chi connectivity index (χ1v) is 6.28. The Morgan fingerprint density at radius 3 is 1.94 bits per heavy atom. The molecule has 0 aliphatic heterocycles. The summed E-state index contributed by atoms with van der Waals surface area (Å²) in [4.78, 5) is 4.46. The van der Waals surface area contributed by atoms with Crippen LogP contribution in [-0.2, 0) is 12.8 Å². The quantitative estimate of drug-likeness (QED) is 0.838. The van der Waals surface area contributed by atoms with E-state index in [2.05, 4.69) is 35.3 Å². The van der Waals surface area contributed by atoms with Crippen LogP contribution in [0.4, 0.5) is 0 Å². The minimum absolute atomic E-state index is 0.662. The monoisotopic (exact) mass is 241 g/mol. The standard InChI is InChI=1S/C15H19N3/c16-9-7-12-1-4-14(5-2-12)15-6-3-13(8-10-17)11-18-15/h1-6,11H,7-10,16-17H2. The van der Waals surface area contributed by atoms with Gasteiger partial charge in [0, 0.05) is 11.8 Å². The van der Waals surface area contributed by atoms with Gasteiger partial charge in [0.15, 0.2) is 0 Å². The van der Waals surface area contributed by atoms with Crippen molar-refractivity contribution in [3.05, 3.63) is 53.7 Å². The van der Waals surface area contributed by atoms with Crippen LogP contribution in [0.2, 0.25) is 0 Å². The molecule has 0 bridgehead atoms. The highest BCUT2D eigenvalue weighted by atomic mass is 14.7. The SMILES string of the molecule is NCCc1ccc(-c2ccc(CCN)cn2)cc1. The van der Waals surface area contributed by atoms with Crippen molar-refractivity contribution in [3.63, 3.8) is 0 Å². The molecule has 0 saturated carbocycles. The van der Waals surface area contributed by atoms with Gasteiger partial charge >= 0.3 is 0 Å². The summed E-state index contributed by atoms with van der Waals surface area (Å²) < 4.78 is 0. The van der Waals surface area contributed by atoms with Crippen LogP contribution in [0.1, 0.15) is 11.1 Å². The van der Waals surface area contributed by atoms with Crippen molar-refractivity contribution in [2.24, 2.45) is 11.5 Å². The van der Waals surface area contributed by atoms with E-state index >= 15 is 0 Å². The summed E-state index contributed by atoms with van der Waals surface area (Å²) >= 11 is 0. The molecule has 94 valence electrons. The van der Waals surface area contributed by atoms with Crippen molar-refractivity contribution in [2.75, 3.05) is 13.1 Å².